The zero-order valence-electron chi connectivity index (χ0n) is 11.9. The SMILES string of the molecule is CSC(C)(C)CNc1cc(C(=O)O)cc([N+](=O)[O-])c1C. The quantitative estimate of drug-likeness (QED) is 0.619. The lowest BCUT2D eigenvalue weighted by Crippen LogP contribution is -2.26. The average molecular weight is 298 g/mol. The van der Waals surface area contributed by atoms with E-state index in [4.69, 9.17) is 5.11 Å². The van der Waals surface area contributed by atoms with Crippen LogP contribution in [0, 0.1) is 17.0 Å². The van der Waals surface area contributed by atoms with Crippen LogP contribution in [0.4, 0.5) is 11.4 Å². The van der Waals surface area contributed by atoms with Crippen molar-refractivity contribution in [2.75, 3.05) is 18.1 Å². The van der Waals surface area contributed by atoms with Gasteiger partial charge in [-0.05, 0) is 33.1 Å². The molecule has 0 aliphatic heterocycles. The number of hydrogen-bond donors (Lipinski definition) is 2. The van der Waals surface area contributed by atoms with Crippen molar-refractivity contribution in [2.24, 2.45) is 0 Å². The summed E-state index contributed by atoms with van der Waals surface area (Å²) in [5.41, 5.74) is 0.650. The first-order chi connectivity index (χ1) is 9.18. The number of rotatable bonds is 6. The van der Waals surface area contributed by atoms with Crippen LogP contribution < -0.4 is 5.32 Å². The normalized spacial score (nSPS) is 11.2. The van der Waals surface area contributed by atoms with Gasteiger partial charge in [0.1, 0.15) is 0 Å². The van der Waals surface area contributed by atoms with Gasteiger partial charge in [0.05, 0.1) is 10.5 Å². The van der Waals surface area contributed by atoms with E-state index < -0.39 is 10.9 Å². The van der Waals surface area contributed by atoms with Crippen LogP contribution in [0.3, 0.4) is 0 Å². The number of anilines is 1. The fourth-order valence-corrected chi connectivity index (χ4v) is 1.79. The van der Waals surface area contributed by atoms with Gasteiger partial charge in [-0.15, -0.1) is 0 Å². The van der Waals surface area contributed by atoms with E-state index in [1.807, 2.05) is 20.1 Å². The molecule has 0 amide bonds. The van der Waals surface area contributed by atoms with Crippen LogP contribution in [0.15, 0.2) is 12.1 Å². The van der Waals surface area contributed by atoms with Gasteiger partial charge in [0.15, 0.2) is 0 Å². The average Bonchev–Trinajstić information content (AvgIpc) is 2.36. The molecule has 0 fully saturated rings. The second-order valence-corrected chi connectivity index (χ2v) is 6.56. The van der Waals surface area contributed by atoms with Crippen molar-refractivity contribution in [1.29, 1.82) is 0 Å². The highest BCUT2D eigenvalue weighted by Crippen LogP contribution is 2.29. The molecule has 0 aliphatic rings. The Labute approximate surface area is 121 Å². The van der Waals surface area contributed by atoms with Gasteiger partial charge in [-0.25, -0.2) is 4.79 Å². The first-order valence-corrected chi connectivity index (χ1v) is 7.22. The largest absolute Gasteiger partial charge is 0.478 e. The molecule has 0 saturated heterocycles. The van der Waals surface area contributed by atoms with E-state index in [0.717, 1.165) is 6.07 Å². The van der Waals surface area contributed by atoms with Crippen LogP contribution in [0.5, 0.6) is 0 Å². The predicted molar refractivity (Wildman–Crippen MR) is 80.9 cm³/mol. The van der Waals surface area contributed by atoms with Crippen molar-refractivity contribution in [1.82, 2.24) is 0 Å². The molecule has 0 bridgehead atoms. The molecular formula is C13H18N2O4S. The lowest BCUT2D eigenvalue weighted by molar-refractivity contribution is -0.385. The number of nitro benzene ring substituents is 1. The summed E-state index contributed by atoms with van der Waals surface area (Å²) in [6.07, 6.45) is 1.98. The molecule has 0 aromatic heterocycles. The number of thioether (sulfide) groups is 1. The number of nitrogens with one attached hydrogen (secondary N) is 1. The summed E-state index contributed by atoms with van der Waals surface area (Å²) in [6.45, 7) is 6.26. The number of aromatic carboxylic acids is 1. The van der Waals surface area contributed by atoms with Crippen molar-refractivity contribution in [3.05, 3.63) is 33.4 Å². The van der Waals surface area contributed by atoms with E-state index in [1.54, 1.807) is 18.7 Å². The molecule has 0 radical (unpaired) electrons. The maximum atomic E-state index is 11.0. The fourth-order valence-electron chi connectivity index (χ4n) is 1.58. The zero-order valence-corrected chi connectivity index (χ0v) is 12.7. The third-order valence-electron chi connectivity index (χ3n) is 3.08. The number of carboxylic acid groups (broad SMARTS) is 1. The standard InChI is InChI=1S/C13H18N2O4S/c1-8-10(14-7-13(2,3)20-4)5-9(12(16)17)6-11(8)15(18)19/h5-6,14H,7H2,1-4H3,(H,16,17). The molecule has 1 rings (SSSR count). The Kier molecular flexibility index (Phi) is 4.99. The van der Waals surface area contributed by atoms with E-state index in [0.29, 0.717) is 17.8 Å². The highest BCUT2D eigenvalue weighted by atomic mass is 32.2. The van der Waals surface area contributed by atoms with Crippen molar-refractivity contribution in [3.63, 3.8) is 0 Å². The van der Waals surface area contributed by atoms with Gasteiger partial charge in [0.2, 0.25) is 0 Å². The summed E-state index contributed by atoms with van der Waals surface area (Å²) in [6, 6.07) is 2.52. The lowest BCUT2D eigenvalue weighted by Gasteiger charge is -2.23. The van der Waals surface area contributed by atoms with E-state index in [9.17, 15) is 14.9 Å². The number of carbonyl (C=O) groups is 1. The molecule has 0 saturated carbocycles. The summed E-state index contributed by atoms with van der Waals surface area (Å²) < 4.78 is -0.0551. The molecule has 6 nitrogen and oxygen atoms in total. The van der Waals surface area contributed by atoms with Crippen LogP contribution in [-0.2, 0) is 0 Å². The zero-order chi connectivity index (χ0) is 15.5. The second kappa shape index (κ2) is 6.13. The number of benzene rings is 1. The minimum Gasteiger partial charge on any atom is -0.478 e. The molecular weight excluding hydrogens is 280 g/mol. The Balaban J connectivity index is 3.18. The molecule has 110 valence electrons. The van der Waals surface area contributed by atoms with Crippen molar-refractivity contribution >= 4 is 29.1 Å². The maximum absolute atomic E-state index is 11.0. The summed E-state index contributed by atoms with van der Waals surface area (Å²) in [5, 5.41) is 23.1. The van der Waals surface area contributed by atoms with E-state index >= 15 is 0 Å². The first kappa shape index (κ1) is 16.3. The minimum atomic E-state index is -1.18. The van der Waals surface area contributed by atoms with E-state index in [1.165, 1.54) is 6.07 Å². The topological polar surface area (TPSA) is 92.5 Å². The molecule has 0 heterocycles. The monoisotopic (exact) mass is 298 g/mol. The Bertz CT molecular complexity index is 543. The highest BCUT2D eigenvalue weighted by molar-refractivity contribution is 7.99. The van der Waals surface area contributed by atoms with Crippen LogP contribution in [0.1, 0.15) is 29.8 Å². The predicted octanol–water partition coefficient (Wildman–Crippen LogP) is 3.15. The molecule has 7 heteroatoms. The van der Waals surface area contributed by atoms with Gasteiger partial charge in [0.25, 0.3) is 5.69 Å². The summed E-state index contributed by atoms with van der Waals surface area (Å²) >= 11 is 1.66. The van der Waals surface area contributed by atoms with Gasteiger partial charge in [-0.3, -0.25) is 10.1 Å². The molecule has 0 aliphatic carbocycles. The third-order valence-corrected chi connectivity index (χ3v) is 4.33. The third kappa shape index (κ3) is 3.86. The van der Waals surface area contributed by atoms with Gasteiger partial charge < -0.3 is 10.4 Å². The molecule has 20 heavy (non-hydrogen) atoms. The van der Waals surface area contributed by atoms with Crippen LogP contribution in [0.25, 0.3) is 0 Å². The molecule has 2 N–H and O–H groups in total. The van der Waals surface area contributed by atoms with E-state index in [-0.39, 0.29) is 16.0 Å². The number of carboxylic acids is 1. The lowest BCUT2D eigenvalue weighted by atomic mass is 10.1. The smallest absolute Gasteiger partial charge is 0.336 e. The maximum Gasteiger partial charge on any atom is 0.336 e. The Morgan fingerprint density at radius 1 is 1.50 bits per heavy atom. The van der Waals surface area contributed by atoms with Gasteiger partial charge in [-0.2, -0.15) is 11.8 Å². The second-order valence-electron chi connectivity index (χ2n) is 5.05. The van der Waals surface area contributed by atoms with E-state index in [2.05, 4.69) is 5.32 Å². The molecule has 1 aromatic rings. The van der Waals surface area contributed by atoms with Crippen molar-refractivity contribution in [3.8, 4) is 0 Å². The molecule has 1 aromatic carbocycles. The van der Waals surface area contributed by atoms with Crippen LogP contribution in [-0.4, -0.2) is 33.5 Å². The molecule has 0 unspecified atom stereocenters. The van der Waals surface area contributed by atoms with Crippen molar-refractivity contribution < 1.29 is 14.8 Å². The fraction of sp³-hybridized carbons (Fsp3) is 0.462. The number of nitrogens with zero attached hydrogens (tertiary/aromatic N) is 1. The minimum absolute atomic E-state index is 0.0551. The van der Waals surface area contributed by atoms with Crippen LogP contribution in [0.2, 0.25) is 0 Å². The number of nitro groups is 1. The van der Waals surface area contributed by atoms with Gasteiger partial charge >= 0.3 is 5.97 Å². The summed E-state index contributed by atoms with van der Waals surface area (Å²) in [7, 11) is 0. The Hall–Kier alpha value is -1.76. The molecule has 0 atom stereocenters. The summed E-state index contributed by atoms with van der Waals surface area (Å²) in [5.74, 6) is -1.18. The highest BCUT2D eigenvalue weighted by Gasteiger charge is 2.21. The van der Waals surface area contributed by atoms with Gasteiger partial charge in [-0.1, -0.05) is 0 Å². The molecule has 0 spiro atoms. The summed E-state index contributed by atoms with van der Waals surface area (Å²) in [4.78, 5) is 21.5. The first-order valence-electron chi connectivity index (χ1n) is 5.99. The Morgan fingerprint density at radius 3 is 2.55 bits per heavy atom. The number of hydrogen-bond acceptors (Lipinski definition) is 5. The Morgan fingerprint density at radius 2 is 2.10 bits per heavy atom. The van der Waals surface area contributed by atoms with Crippen molar-refractivity contribution in [2.45, 2.75) is 25.5 Å². The van der Waals surface area contributed by atoms with Gasteiger partial charge in [0, 0.05) is 28.6 Å². The van der Waals surface area contributed by atoms with Crippen LogP contribution >= 0.6 is 11.8 Å².